The molecule has 6 nitrogen and oxygen atoms in total. The average Bonchev–Trinajstić information content (AvgIpc) is 3.01. The van der Waals surface area contributed by atoms with Crippen LogP contribution in [0.5, 0.6) is 0 Å². The van der Waals surface area contributed by atoms with Crippen LogP contribution >= 0.6 is 0 Å². The molecular formula is C17H26N4O2. The molecule has 0 spiro atoms. The third kappa shape index (κ3) is 4.87. The van der Waals surface area contributed by atoms with Crippen molar-refractivity contribution in [1.29, 1.82) is 0 Å². The van der Waals surface area contributed by atoms with Crippen molar-refractivity contribution in [1.82, 2.24) is 10.6 Å². The van der Waals surface area contributed by atoms with Crippen LogP contribution in [0.2, 0.25) is 0 Å². The van der Waals surface area contributed by atoms with Gasteiger partial charge in [-0.2, -0.15) is 0 Å². The number of nitrogens with two attached hydrogens (primary N) is 1. The van der Waals surface area contributed by atoms with Crippen LogP contribution in [0.4, 0.5) is 10.5 Å². The highest BCUT2D eigenvalue weighted by Crippen LogP contribution is 2.22. The minimum atomic E-state index is -0.741. The van der Waals surface area contributed by atoms with Crippen LogP contribution in [-0.4, -0.2) is 38.1 Å². The zero-order valence-corrected chi connectivity index (χ0v) is 13.8. The van der Waals surface area contributed by atoms with E-state index < -0.39 is 11.3 Å². The lowest BCUT2D eigenvalue weighted by Gasteiger charge is -2.21. The predicted octanol–water partition coefficient (Wildman–Crippen LogP) is 1.32. The van der Waals surface area contributed by atoms with E-state index in [1.807, 2.05) is 18.2 Å². The number of urea groups is 1. The molecule has 2 rings (SSSR count). The lowest BCUT2D eigenvalue weighted by Crippen LogP contribution is -2.46. The molecule has 23 heavy (non-hydrogen) atoms. The first-order valence-electron chi connectivity index (χ1n) is 8.00. The number of benzene rings is 1. The summed E-state index contributed by atoms with van der Waals surface area (Å²) in [6, 6.07) is 10.0. The fourth-order valence-corrected chi connectivity index (χ4v) is 2.56. The quantitative estimate of drug-likeness (QED) is 0.739. The SMILES string of the molecule is CC(C)(CNC(=O)NCC1CCN(c2ccccc2)C1)C(N)=O. The van der Waals surface area contributed by atoms with E-state index in [9.17, 15) is 9.59 Å². The maximum absolute atomic E-state index is 11.8. The number of para-hydroxylation sites is 1. The Kier molecular flexibility index (Phi) is 5.47. The largest absolute Gasteiger partial charge is 0.371 e. The number of primary amides is 1. The van der Waals surface area contributed by atoms with Gasteiger partial charge in [0, 0.05) is 31.9 Å². The van der Waals surface area contributed by atoms with E-state index in [4.69, 9.17) is 5.73 Å². The number of carbonyl (C=O) groups is 2. The first-order chi connectivity index (χ1) is 10.9. The van der Waals surface area contributed by atoms with Crippen molar-refractivity contribution in [2.45, 2.75) is 20.3 Å². The molecule has 1 aromatic carbocycles. The fourth-order valence-electron chi connectivity index (χ4n) is 2.56. The number of amides is 3. The first-order valence-corrected chi connectivity index (χ1v) is 8.00. The summed E-state index contributed by atoms with van der Waals surface area (Å²) in [5.41, 5.74) is 5.77. The molecule has 126 valence electrons. The van der Waals surface area contributed by atoms with Crippen LogP contribution in [0.3, 0.4) is 0 Å². The summed E-state index contributed by atoms with van der Waals surface area (Å²) in [5.74, 6) is 0.0113. The summed E-state index contributed by atoms with van der Waals surface area (Å²) in [4.78, 5) is 25.4. The van der Waals surface area contributed by atoms with Gasteiger partial charge >= 0.3 is 6.03 Å². The van der Waals surface area contributed by atoms with E-state index >= 15 is 0 Å². The molecule has 0 aromatic heterocycles. The first kappa shape index (κ1) is 17.1. The van der Waals surface area contributed by atoms with Gasteiger partial charge in [-0.15, -0.1) is 0 Å². The Hall–Kier alpha value is -2.24. The number of nitrogens with one attached hydrogen (secondary N) is 2. The topological polar surface area (TPSA) is 87.5 Å². The van der Waals surface area contributed by atoms with Crippen molar-refractivity contribution < 1.29 is 9.59 Å². The highest BCUT2D eigenvalue weighted by atomic mass is 16.2. The van der Waals surface area contributed by atoms with Gasteiger partial charge in [0.2, 0.25) is 5.91 Å². The van der Waals surface area contributed by atoms with Crippen LogP contribution < -0.4 is 21.3 Å². The number of nitrogens with zero attached hydrogens (tertiary/aromatic N) is 1. The molecule has 0 aliphatic carbocycles. The number of hydrogen-bond donors (Lipinski definition) is 3. The summed E-state index contributed by atoms with van der Waals surface area (Å²) in [6.45, 7) is 6.24. The summed E-state index contributed by atoms with van der Waals surface area (Å²) in [5, 5.41) is 5.59. The van der Waals surface area contributed by atoms with Crippen molar-refractivity contribution in [2.24, 2.45) is 17.1 Å². The van der Waals surface area contributed by atoms with Gasteiger partial charge in [-0.1, -0.05) is 18.2 Å². The van der Waals surface area contributed by atoms with Crippen LogP contribution in [0.25, 0.3) is 0 Å². The average molecular weight is 318 g/mol. The molecule has 1 aliphatic rings. The van der Waals surface area contributed by atoms with E-state index in [-0.39, 0.29) is 12.6 Å². The van der Waals surface area contributed by atoms with Crippen molar-refractivity contribution in [3.63, 3.8) is 0 Å². The second-order valence-corrected chi connectivity index (χ2v) is 6.75. The Morgan fingerprint density at radius 3 is 2.61 bits per heavy atom. The van der Waals surface area contributed by atoms with E-state index in [1.165, 1.54) is 5.69 Å². The third-order valence-electron chi connectivity index (χ3n) is 4.32. The third-order valence-corrected chi connectivity index (χ3v) is 4.32. The molecular weight excluding hydrogens is 292 g/mol. The van der Waals surface area contributed by atoms with Crippen LogP contribution in [0.1, 0.15) is 20.3 Å². The molecule has 1 aliphatic heterocycles. The second-order valence-electron chi connectivity index (χ2n) is 6.75. The normalized spacial score (nSPS) is 17.8. The van der Waals surface area contributed by atoms with Crippen molar-refractivity contribution >= 4 is 17.6 Å². The van der Waals surface area contributed by atoms with Gasteiger partial charge in [0.25, 0.3) is 0 Å². The van der Waals surface area contributed by atoms with Crippen LogP contribution in [0, 0.1) is 11.3 Å². The van der Waals surface area contributed by atoms with Crippen molar-refractivity contribution in [2.75, 3.05) is 31.1 Å². The Bertz CT molecular complexity index is 545. The zero-order valence-electron chi connectivity index (χ0n) is 13.8. The lowest BCUT2D eigenvalue weighted by molar-refractivity contribution is -0.125. The summed E-state index contributed by atoms with van der Waals surface area (Å²) >= 11 is 0. The molecule has 4 N–H and O–H groups in total. The van der Waals surface area contributed by atoms with E-state index in [1.54, 1.807) is 13.8 Å². The summed E-state index contributed by atoms with van der Waals surface area (Å²) in [7, 11) is 0. The molecule has 0 saturated carbocycles. The molecule has 1 heterocycles. The molecule has 0 bridgehead atoms. The highest BCUT2D eigenvalue weighted by Gasteiger charge is 2.26. The molecule has 6 heteroatoms. The van der Waals surface area contributed by atoms with E-state index in [0.29, 0.717) is 12.5 Å². The molecule has 1 aromatic rings. The number of hydrogen-bond acceptors (Lipinski definition) is 3. The zero-order chi connectivity index (χ0) is 16.9. The van der Waals surface area contributed by atoms with Crippen LogP contribution in [-0.2, 0) is 4.79 Å². The van der Waals surface area contributed by atoms with Gasteiger partial charge in [0.05, 0.1) is 5.41 Å². The molecule has 1 unspecified atom stereocenters. The van der Waals surface area contributed by atoms with Gasteiger partial charge in [0.1, 0.15) is 0 Å². The number of rotatable bonds is 6. The maximum atomic E-state index is 11.8. The minimum Gasteiger partial charge on any atom is -0.371 e. The maximum Gasteiger partial charge on any atom is 0.314 e. The molecule has 0 radical (unpaired) electrons. The Morgan fingerprint density at radius 1 is 1.26 bits per heavy atom. The van der Waals surface area contributed by atoms with Gasteiger partial charge in [0.15, 0.2) is 0 Å². The Labute approximate surface area is 137 Å². The monoisotopic (exact) mass is 318 g/mol. The Balaban J connectivity index is 1.71. The highest BCUT2D eigenvalue weighted by molar-refractivity contribution is 5.81. The molecule has 1 atom stereocenters. The van der Waals surface area contributed by atoms with Gasteiger partial charge in [-0.3, -0.25) is 4.79 Å². The van der Waals surface area contributed by atoms with Crippen molar-refractivity contribution in [3.05, 3.63) is 30.3 Å². The number of anilines is 1. The van der Waals surface area contributed by atoms with Crippen LogP contribution in [0.15, 0.2) is 30.3 Å². The number of carbonyl (C=O) groups excluding carboxylic acids is 2. The minimum absolute atomic E-state index is 0.231. The van der Waals surface area contributed by atoms with Crippen molar-refractivity contribution in [3.8, 4) is 0 Å². The van der Waals surface area contributed by atoms with Gasteiger partial charge < -0.3 is 21.3 Å². The van der Waals surface area contributed by atoms with E-state index in [0.717, 1.165) is 19.5 Å². The smallest absolute Gasteiger partial charge is 0.314 e. The fraction of sp³-hybridized carbons (Fsp3) is 0.529. The molecule has 1 saturated heterocycles. The Morgan fingerprint density at radius 2 is 1.96 bits per heavy atom. The predicted molar refractivity (Wildman–Crippen MR) is 91.1 cm³/mol. The van der Waals surface area contributed by atoms with E-state index in [2.05, 4.69) is 27.7 Å². The molecule has 3 amide bonds. The standard InChI is InChI=1S/C17H26N4O2/c1-17(2,15(18)22)12-20-16(23)19-10-13-8-9-21(11-13)14-6-4-3-5-7-14/h3-7,13H,8-12H2,1-2H3,(H2,18,22)(H2,19,20,23). The van der Waals surface area contributed by atoms with Gasteiger partial charge in [-0.25, -0.2) is 4.79 Å². The summed E-state index contributed by atoms with van der Waals surface area (Å²) < 4.78 is 0. The molecule has 1 fully saturated rings. The summed E-state index contributed by atoms with van der Waals surface area (Å²) in [6.07, 6.45) is 1.06. The van der Waals surface area contributed by atoms with Gasteiger partial charge in [-0.05, 0) is 38.3 Å². The second kappa shape index (κ2) is 7.35. The lowest BCUT2D eigenvalue weighted by atomic mass is 9.93.